The summed E-state index contributed by atoms with van der Waals surface area (Å²) in [6.45, 7) is 11.2. The molecular weight excluding hydrogens is 224 g/mol. The van der Waals surface area contributed by atoms with E-state index in [1.54, 1.807) is 0 Å². The fraction of sp³-hybridized carbons (Fsp3) is 0.900. The number of hydrogen-bond donors (Lipinski definition) is 3. The lowest BCUT2D eigenvalue weighted by Crippen LogP contribution is -2.49. The van der Waals surface area contributed by atoms with Gasteiger partial charge in [-0.05, 0) is 18.1 Å². The number of amides is 1. The number of rotatable bonds is 5. The van der Waals surface area contributed by atoms with Gasteiger partial charge in [-0.1, -0.05) is 20.8 Å². The Morgan fingerprint density at radius 3 is 2.31 bits per heavy atom. The molecule has 0 aliphatic carbocycles. The van der Waals surface area contributed by atoms with Crippen LogP contribution in [-0.2, 0) is 4.43 Å². The van der Waals surface area contributed by atoms with Crippen LogP contribution in [0.5, 0.6) is 0 Å². The molecule has 0 saturated heterocycles. The quantitative estimate of drug-likeness (QED) is 0.645. The molecule has 0 rings (SSSR count). The smallest absolute Gasteiger partial charge is 0.404 e. The average molecular weight is 248 g/mol. The van der Waals surface area contributed by atoms with Gasteiger partial charge in [0.05, 0.1) is 6.10 Å². The van der Waals surface area contributed by atoms with Crippen molar-refractivity contribution >= 4 is 14.4 Å². The average Bonchev–Trinajstić information content (AvgIpc) is 2.09. The van der Waals surface area contributed by atoms with Gasteiger partial charge in [-0.25, -0.2) is 4.79 Å². The molecule has 1 amide bonds. The van der Waals surface area contributed by atoms with Gasteiger partial charge < -0.3 is 20.6 Å². The first-order valence-electron chi connectivity index (χ1n) is 5.45. The van der Waals surface area contributed by atoms with E-state index in [2.05, 4.69) is 39.2 Å². The van der Waals surface area contributed by atoms with E-state index in [4.69, 9.17) is 15.3 Å². The zero-order valence-corrected chi connectivity index (χ0v) is 11.8. The van der Waals surface area contributed by atoms with Crippen molar-refractivity contribution in [2.24, 2.45) is 5.73 Å². The number of carbonyl (C=O) groups is 1. The molecule has 4 N–H and O–H groups in total. The van der Waals surface area contributed by atoms with E-state index in [9.17, 15) is 4.79 Å². The van der Waals surface area contributed by atoms with Gasteiger partial charge in [0.15, 0.2) is 8.32 Å². The second-order valence-electron chi connectivity index (χ2n) is 5.42. The highest BCUT2D eigenvalue weighted by Gasteiger charge is 2.38. The molecule has 1 unspecified atom stereocenters. The first-order chi connectivity index (χ1) is 7.10. The molecule has 0 aliphatic rings. The molecule has 0 bridgehead atoms. The Morgan fingerprint density at radius 1 is 1.50 bits per heavy atom. The minimum atomic E-state index is -1.87. The van der Waals surface area contributed by atoms with Crippen LogP contribution in [0.4, 0.5) is 4.79 Å². The molecular formula is C10H24N2O3Si. The molecule has 6 heteroatoms. The van der Waals surface area contributed by atoms with Crippen LogP contribution in [0.25, 0.3) is 0 Å². The van der Waals surface area contributed by atoms with Crippen molar-refractivity contribution in [3.63, 3.8) is 0 Å². The number of nitrogens with one attached hydrogen (secondary N) is 1. The Morgan fingerprint density at radius 2 is 2.00 bits per heavy atom. The molecule has 5 nitrogen and oxygen atoms in total. The predicted molar refractivity (Wildman–Crippen MR) is 67.2 cm³/mol. The van der Waals surface area contributed by atoms with Crippen LogP contribution in [0.2, 0.25) is 18.1 Å². The molecule has 0 spiro atoms. The first-order valence-corrected chi connectivity index (χ1v) is 8.35. The van der Waals surface area contributed by atoms with Gasteiger partial charge in [0.1, 0.15) is 0 Å². The molecule has 16 heavy (non-hydrogen) atoms. The van der Waals surface area contributed by atoms with Crippen molar-refractivity contribution in [3.05, 3.63) is 0 Å². The second kappa shape index (κ2) is 5.65. The Kier molecular flexibility index (Phi) is 5.44. The number of hydrogen-bond acceptors (Lipinski definition) is 3. The van der Waals surface area contributed by atoms with E-state index < -0.39 is 14.4 Å². The highest BCUT2D eigenvalue weighted by Crippen LogP contribution is 2.37. The molecule has 0 aromatic rings. The Labute approximate surface area is 98.5 Å². The summed E-state index contributed by atoms with van der Waals surface area (Å²) in [5.41, 5.74) is 5.57. The topological polar surface area (TPSA) is 84.6 Å². The van der Waals surface area contributed by atoms with E-state index in [1.165, 1.54) is 0 Å². The van der Waals surface area contributed by atoms with Crippen molar-refractivity contribution in [1.29, 1.82) is 0 Å². The Hall–Kier alpha value is -0.593. The lowest BCUT2D eigenvalue weighted by Gasteiger charge is -2.39. The predicted octanol–water partition coefficient (Wildman–Crippen LogP) is 1.60. The minimum Gasteiger partial charge on any atom is -0.465 e. The van der Waals surface area contributed by atoms with E-state index in [1.807, 2.05) is 0 Å². The van der Waals surface area contributed by atoms with Crippen LogP contribution >= 0.6 is 0 Å². The van der Waals surface area contributed by atoms with Crippen LogP contribution in [0.1, 0.15) is 20.8 Å². The van der Waals surface area contributed by atoms with Gasteiger partial charge >= 0.3 is 6.09 Å². The molecule has 96 valence electrons. The summed E-state index contributed by atoms with van der Waals surface area (Å²) in [5.74, 6) is 0. The third-order valence-electron chi connectivity index (χ3n) is 3.01. The van der Waals surface area contributed by atoms with Gasteiger partial charge in [0.25, 0.3) is 0 Å². The van der Waals surface area contributed by atoms with E-state index in [0.717, 1.165) is 0 Å². The lowest BCUT2D eigenvalue weighted by molar-refractivity contribution is 0.166. The van der Waals surface area contributed by atoms with Gasteiger partial charge in [-0.2, -0.15) is 0 Å². The summed E-state index contributed by atoms with van der Waals surface area (Å²) < 4.78 is 5.99. The van der Waals surface area contributed by atoms with E-state index in [0.29, 0.717) is 6.54 Å². The molecule has 0 aromatic heterocycles. The third-order valence-corrected chi connectivity index (χ3v) is 7.55. The van der Waals surface area contributed by atoms with Gasteiger partial charge in [0, 0.05) is 13.1 Å². The van der Waals surface area contributed by atoms with Crippen molar-refractivity contribution in [2.75, 3.05) is 13.1 Å². The van der Waals surface area contributed by atoms with Gasteiger partial charge in [-0.3, -0.25) is 0 Å². The van der Waals surface area contributed by atoms with Crippen LogP contribution in [-0.4, -0.2) is 38.7 Å². The highest BCUT2D eigenvalue weighted by molar-refractivity contribution is 6.74. The fourth-order valence-electron chi connectivity index (χ4n) is 0.968. The number of carboxylic acid groups (broad SMARTS) is 1. The minimum absolute atomic E-state index is 0.101. The molecule has 0 saturated carbocycles. The summed E-state index contributed by atoms with van der Waals surface area (Å²) in [7, 11) is -1.87. The molecule has 0 fully saturated rings. The molecule has 0 heterocycles. The van der Waals surface area contributed by atoms with Crippen LogP contribution in [0.3, 0.4) is 0 Å². The summed E-state index contributed by atoms with van der Waals surface area (Å²) in [4.78, 5) is 10.4. The monoisotopic (exact) mass is 248 g/mol. The van der Waals surface area contributed by atoms with Gasteiger partial charge in [-0.15, -0.1) is 0 Å². The summed E-state index contributed by atoms with van der Waals surface area (Å²) in [6, 6.07) is 0. The highest BCUT2D eigenvalue weighted by atomic mass is 28.4. The molecule has 0 radical (unpaired) electrons. The van der Waals surface area contributed by atoms with Crippen molar-refractivity contribution in [2.45, 2.75) is 45.0 Å². The summed E-state index contributed by atoms with van der Waals surface area (Å²) in [6.07, 6.45) is -1.28. The van der Waals surface area contributed by atoms with E-state index in [-0.39, 0.29) is 17.7 Å². The maximum atomic E-state index is 10.4. The van der Waals surface area contributed by atoms with Crippen molar-refractivity contribution < 1.29 is 14.3 Å². The largest absolute Gasteiger partial charge is 0.465 e. The Bertz CT molecular complexity index is 239. The second-order valence-corrected chi connectivity index (χ2v) is 10.2. The first kappa shape index (κ1) is 15.4. The molecule has 0 aliphatic heterocycles. The molecule has 1 atom stereocenters. The maximum absolute atomic E-state index is 10.4. The van der Waals surface area contributed by atoms with Crippen molar-refractivity contribution in [1.82, 2.24) is 5.32 Å². The lowest BCUT2D eigenvalue weighted by atomic mass is 10.2. The van der Waals surface area contributed by atoms with Crippen LogP contribution in [0.15, 0.2) is 0 Å². The van der Waals surface area contributed by atoms with Crippen molar-refractivity contribution in [3.8, 4) is 0 Å². The fourth-order valence-corrected chi connectivity index (χ4v) is 2.33. The summed E-state index contributed by atoms with van der Waals surface area (Å²) in [5, 5.41) is 10.9. The van der Waals surface area contributed by atoms with Gasteiger partial charge in [0.2, 0.25) is 0 Å². The SMILES string of the molecule is CC(C)(C)[Si](C)(C)OC(CN)CNC(=O)O. The summed E-state index contributed by atoms with van der Waals surface area (Å²) >= 11 is 0. The zero-order chi connectivity index (χ0) is 13.0. The third kappa shape index (κ3) is 4.96. The van der Waals surface area contributed by atoms with Crippen LogP contribution < -0.4 is 11.1 Å². The van der Waals surface area contributed by atoms with E-state index >= 15 is 0 Å². The Balaban J connectivity index is 4.36. The maximum Gasteiger partial charge on any atom is 0.404 e. The molecule has 0 aromatic carbocycles. The van der Waals surface area contributed by atoms with Crippen LogP contribution in [0, 0.1) is 0 Å². The number of nitrogens with two attached hydrogens (primary N) is 1. The standard InChI is InChI=1S/C10H24N2O3Si/c1-10(2,3)16(4,5)15-8(6-11)7-12-9(13)14/h8,12H,6-7,11H2,1-5H3,(H,13,14). The normalized spacial score (nSPS) is 14.6. The zero-order valence-electron chi connectivity index (χ0n) is 10.8.